The zero-order valence-corrected chi connectivity index (χ0v) is 17.3. The highest BCUT2D eigenvalue weighted by molar-refractivity contribution is 5.77. The van der Waals surface area contributed by atoms with E-state index in [1.807, 2.05) is 29.1 Å². The van der Waals surface area contributed by atoms with Gasteiger partial charge in [0, 0.05) is 18.9 Å². The summed E-state index contributed by atoms with van der Waals surface area (Å²) < 4.78 is 7.70. The van der Waals surface area contributed by atoms with E-state index in [2.05, 4.69) is 46.8 Å². The molecule has 5 nitrogen and oxygen atoms in total. The van der Waals surface area contributed by atoms with Crippen molar-refractivity contribution in [3.8, 4) is 11.1 Å². The average Bonchev–Trinajstić information content (AvgIpc) is 3.31. The van der Waals surface area contributed by atoms with Gasteiger partial charge in [0.25, 0.3) is 0 Å². The van der Waals surface area contributed by atoms with Crippen LogP contribution in [0.5, 0.6) is 0 Å². The molecule has 4 rings (SSSR count). The first kappa shape index (κ1) is 20.4. The molecular formula is C25H29N3O2. The summed E-state index contributed by atoms with van der Waals surface area (Å²) in [4.78, 5) is 12.3. The summed E-state index contributed by atoms with van der Waals surface area (Å²) in [6, 6.07) is 18.7. The third kappa shape index (κ3) is 5.57. The number of benzene rings is 2. The maximum absolute atomic E-state index is 12.3. The number of hydrogen-bond acceptors (Lipinski definition) is 3. The van der Waals surface area contributed by atoms with Gasteiger partial charge >= 0.3 is 0 Å². The number of ether oxygens (including phenoxy) is 1. The molecule has 0 aliphatic heterocycles. The quantitative estimate of drug-likeness (QED) is 0.600. The molecule has 0 spiro atoms. The van der Waals surface area contributed by atoms with Crippen LogP contribution in [-0.2, 0) is 22.6 Å². The zero-order chi connectivity index (χ0) is 20.6. The Morgan fingerprint density at radius 3 is 2.60 bits per heavy atom. The lowest BCUT2D eigenvalue weighted by atomic mass is 9.98. The van der Waals surface area contributed by atoms with Gasteiger partial charge in [-0.25, -0.2) is 0 Å². The van der Waals surface area contributed by atoms with Crippen LogP contribution in [0, 0.1) is 0 Å². The van der Waals surface area contributed by atoms with E-state index in [1.54, 1.807) is 6.20 Å². The van der Waals surface area contributed by atoms with Gasteiger partial charge in [-0.15, -0.1) is 0 Å². The Balaban J connectivity index is 1.34. The number of carbonyl (C=O) groups is 1. The van der Waals surface area contributed by atoms with E-state index >= 15 is 0 Å². The van der Waals surface area contributed by atoms with E-state index in [-0.39, 0.29) is 18.6 Å². The second-order valence-corrected chi connectivity index (χ2v) is 7.91. The summed E-state index contributed by atoms with van der Waals surface area (Å²) in [5, 5.41) is 7.27. The van der Waals surface area contributed by atoms with Crippen LogP contribution in [0.4, 0.5) is 0 Å². The number of carbonyl (C=O) groups excluding carboxylic acids is 1. The SMILES string of the molecule is O=C(COC1CCCCC1)NCc1ccccc1-c1ccc(Cn2cccn2)cc1. The van der Waals surface area contributed by atoms with Crippen LogP contribution in [0.1, 0.15) is 43.2 Å². The molecular weight excluding hydrogens is 374 g/mol. The molecule has 0 bridgehead atoms. The molecule has 0 atom stereocenters. The van der Waals surface area contributed by atoms with Crippen molar-refractivity contribution >= 4 is 5.91 Å². The molecule has 30 heavy (non-hydrogen) atoms. The summed E-state index contributed by atoms with van der Waals surface area (Å²) in [6.07, 6.45) is 9.85. The fraction of sp³-hybridized carbons (Fsp3) is 0.360. The number of rotatable bonds is 8. The average molecular weight is 404 g/mol. The molecule has 1 saturated carbocycles. The molecule has 0 radical (unpaired) electrons. The van der Waals surface area contributed by atoms with Gasteiger partial charge < -0.3 is 10.1 Å². The second kappa shape index (κ2) is 10.2. The van der Waals surface area contributed by atoms with Crippen LogP contribution < -0.4 is 5.32 Å². The van der Waals surface area contributed by atoms with Crippen LogP contribution in [0.2, 0.25) is 0 Å². The Hall–Kier alpha value is -2.92. The highest BCUT2D eigenvalue weighted by Gasteiger charge is 2.15. The molecule has 2 aromatic carbocycles. The first-order valence-electron chi connectivity index (χ1n) is 10.8. The topological polar surface area (TPSA) is 56.1 Å². The van der Waals surface area contributed by atoms with Gasteiger partial charge in [0.05, 0.1) is 12.6 Å². The fourth-order valence-corrected chi connectivity index (χ4v) is 4.00. The van der Waals surface area contributed by atoms with Gasteiger partial charge in [0.1, 0.15) is 6.61 Å². The van der Waals surface area contributed by atoms with Crippen LogP contribution >= 0.6 is 0 Å². The van der Waals surface area contributed by atoms with E-state index in [0.29, 0.717) is 6.54 Å². The Labute approximate surface area is 178 Å². The van der Waals surface area contributed by atoms with Crippen LogP contribution in [0.3, 0.4) is 0 Å². The minimum absolute atomic E-state index is 0.0510. The van der Waals surface area contributed by atoms with Crippen molar-refractivity contribution in [3.63, 3.8) is 0 Å². The molecule has 1 fully saturated rings. The summed E-state index contributed by atoms with van der Waals surface area (Å²) >= 11 is 0. The summed E-state index contributed by atoms with van der Waals surface area (Å²) in [6.45, 7) is 1.40. The number of amides is 1. The van der Waals surface area contributed by atoms with Gasteiger partial charge in [-0.05, 0) is 41.2 Å². The lowest BCUT2D eigenvalue weighted by Crippen LogP contribution is -2.30. The van der Waals surface area contributed by atoms with Gasteiger partial charge in [-0.1, -0.05) is 67.8 Å². The van der Waals surface area contributed by atoms with E-state index in [0.717, 1.165) is 36.1 Å². The molecule has 5 heteroatoms. The maximum Gasteiger partial charge on any atom is 0.246 e. The van der Waals surface area contributed by atoms with Gasteiger partial charge in [0.2, 0.25) is 5.91 Å². The molecule has 1 aliphatic rings. The molecule has 3 aromatic rings. The van der Waals surface area contributed by atoms with Crippen molar-refractivity contribution in [2.45, 2.75) is 51.3 Å². The molecule has 1 aromatic heterocycles. The fourth-order valence-electron chi connectivity index (χ4n) is 4.00. The molecule has 0 unspecified atom stereocenters. The lowest BCUT2D eigenvalue weighted by Gasteiger charge is -2.21. The minimum Gasteiger partial charge on any atom is -0.368 e. The first-order valence-corrected chi connectivity index (χ1v) is 10.8. The number of nitrogens with one attached hydrogen (secondary N) is 1. The van der Waals surface area contributed by atoms with Crippen molar-refractivity contribution in [1.82, 2.24) is 15.1 Å². The molecule has 0 saturated heterocycles. The zero-order valence-electron chi connectivity index (χ0n) is 17.3. The lowest BCUT2D eigenvalue weighted by molar-refractivity contribution is -0.128. The molecule has 1 heterocycles. The second-order valence-electron chi connectivity index (χ2n) is 7.91. The van der Waals surface area contributed by atoms with Gasteiger partial charge in [-0.3, -0.25) is 9.48 Å². The largest absolute Gasteiger partial charge is 0.368 e. The molecule has 156 valence electrons. The van der Waals surface area contributed by atoms with Crippen molar-refractivity contribution < 1.29 is 9.53 Å². The number of aromatic nitrogens is 2. The van der Waals surface area contributed by atoms with E-state index < -0.39 is 0 Å². The Kier molecular flexibility index (Phi) is 6.93. The normalized spacial score (nSPS) is 14.5. The van der Waals surface area contributed by atoms with E-state index in [9.17, 15) is 4.79 Å². The number of hydrogen-bond donors (Lipinski definition) is 1. The third-order valence-corrected chi connectivity index (χ3v) is 5.66. The summed E-state index contributed by atoms with van der Waals surface area (Å²) in [5.41, 5.74) is 4.58. The van der Waals surface area contributed by atoms with Crippen molar-refractivity contribution in [2.75, 3.05) is 6.61 Å². The van der Waals surface area contributed by atoms with Crippen molar-refractivity contribution in [1.29, 1.82) is 0 Å². The minimum atomic E-state index is -0.0510. The first-order chi connectivity index (χ1) is 14.8. The Morgan fingerprint density at radius 1 is 1.03 bits per heavy atom. The molecule has 1 aliphatic carbocycles. The standard InChI is InChI=1S/C25H29N3O2/c29-25(19-30-23-8-2-1-3-9-23)26-17-22-7-4-5-10-24(22)21-13-11-20(12-14-21)18-28-16-6-15-27-28/h4-7,10-16,23H,1-3,8-9,17-19H2,(H,26,29). The van der Waals surface area contributed by atoms with Crippen molar-refractivity contribution in [2.24, 2.45) is 0 Å². The maximum atomic E-state index is 12.3. The van der Waals surface area contributed by atoms with Crippen LogP contribution in [-0.4, -0.2) is 28.4 Å². The van der Waals surface area contributed by atoms with Crippen LogP contribution in [0.15, 0.2) is 67.0 Å². The summed E-state index contributed by atoms with van der Waals surface area (Å²) in [5.74, 6) is -0.0510. The predicted octanol–water partition coefficient (Wildman–Crippen LogP) is 4.56. The summed E-state index contributed by atoms with van der Waals surface area (Å²) in [7, 11) is 0. The van der Waals surface area contributed by atoms with Crippen molar-refractivity contribution in [3.05, 3.63) is 78.1 Å². The number of nitrogens with zero attached hydrogens (tertiary/aromatic N) is 2. The molecule has 1 amide bonds. The predicted molar refractivity (Wildman–Crippen MR) is 118 cm³/mol. The van der Waals surface area contributed by atoms with Gasteiger partial charge in [0.15, 0.2) is 0 Å². The highest BCUT2D eigenvalue weighted by atomic mass is 16.5. The Bertz CT molecular complexity index is 929. The third-order valence-electron chi connectivity index (χ3n) is 5.66. The van der Waals surface area contributed by atoms with Crippen LogP contribution in [0.25, 0.3) is 11.1 Å². The van der Waals surface area contributed by atoms with E-state index in [4.69, 9.17) is 4.74 Å². The Morgan fingerprint density at radius 2 is 1.83 bits per heavy atom. The van der Waals surface area contributed by atoms with E-state index in [1.165, 1.54) is 24.8 Å². The monoisotopic (exact) mass is 403 g/mol. The highest BCUT2D eigenvalue weighted by Crippen LogP contribution is 2.24. The van der Waals surface area contributed by atoms with Gasteiger partial charge in [-0.2, -0.15) is 5.10 Å². The molecule has 1 N–H and O–H groups in total. The smallest absolute Gasteiger partial charge is 0.246 e.